The van der Waals surface area contributed by atoms with E-state index in [9.17, 15) is 15.0 Å². The van der Waals surface area contributed by atoms with Gasteiger partial charge in [-0.1, -0.05) is 12.1 Å². The number of carboxylic acid groups (broad SMARTS) is 1. The number of carbonyl (C=O) groups is 1. The number of thioether (sulfide) groups is 1. The zero-order chi connectivity index (χ0) is 20.2. The van der Waals surface area contributed by atoms with Crippen LogP contribution in [0.15, 0.2) is 48.7 Å². The fraction of sp³-hybridized carbons (Fsp3) is 0.348. The molecule has 3 N–H and O–H groups in total. The first-order chi connectivity index (χ1) is 14.1. The fourth-order valence-corrected chi connectivity index (χ4v) is 5.03. The van der Waals surface area contributed by atoms with Crippen molar-refractivity contribution in [1.82, 2.24) is 9.88 Å². The molecule has 0 unspecified atom stereocenters. The first-order valence-corrected chi connectivity index (χ1v) is 11.2. The lowest BCUT2D eigenvalue weighted by atomic mass is 9.89. The molecule has 0 bridgehead atoms. The van der Waals surface area contributed by atoms with Crippen molar-refractivity contribution in [2.24, 2.45) is 0 Å². The molecule has 1 aliphatic rings. The van der Waals surface area contributed by atoms with Gasteiger partial charge < -0.3 is 20.1 Å². The minimum absolute atomic E-state index is 0.331. The summed E-state index contributed by atoms with van der Waals surface area (Å²) in [6.07, 6.45) is 4.32. The second-order valence-electron chi connectivity index (χ2n) is 7.64. The molecule has 0 spiro atoms. The monoisotopic (exact) mass is 410 g/mol. The van der Waals surface area contributed by atoms with E-state index in [-0.39, 0.29) is 0 Å². The van der Waals surface area contributed by atoms with E-state index in [1.54, 1.807) is 24.3 Å². The van der Waals surface area contributed by atoms with Crippen LogP contribution in [0, 0.1) is 0 Å². The summed E-state index contributed by atoms with van der Waals surface area (Å²) in [5.74, 6) is 1.98. The average Bonchev–Trinajstić information content (AvgIpc) is 3.14. The lowest BCUT2D eigenvalue weighted by Gasteiger charge is -2.32. The van der Waals surface area contributed by atoms with Crippen LogP contribution in [-0.4, -0.2) is 51.5 Å². The molecule has 0 atom stereocenters. The van der Waals surface area contributed by atoms with Crippen molar-refractivity contribution in [2.75, 3.05) is 25.4 Å². The Bertz CT molecular complexity index is 975. The smallest absolute Gasteiger partial charge is 0.335 e. The Morgan fingerprint density at radius 3 is 2.62 bits per heavy atom. The molecule has 0 saturated carbocycles. The topological polar surface area (TPSA) is 76.6 Å². The van der Waals surface area contributed by atoms with Crippen molar-refractivity contribution in [3.8, 4) is 5.75 Å². The highest BCUT2D eigenvalue weighted by Gasteiger charge is 2.20. The maximum absolute atomic E-state index is 11.2. The van der Waals surface area contributed by atoms with Gasteiger partial charge in [0.05, 0.1) is 5.56 Å². The molecule has 1 saturated heterocycles. The second kappa shape index (κ2) is 8.93. The number of fused-ring (bicyclic) bond motifs is 1. The number of aromatic carboxylic acids is 1. The molecule has 0 aliphatic carbocycles. The van der Waals surface area contributed by atoms with Crippen LogP contribution in [0.1, 0.15) is 40.2 Å². The quantitative estimate of drug-likeness (QED) is 0.493. The number of hydrogen-bond acceptors (Lipinski definition) is 4. The van der Waals surface area contributed by atoms with Gasteiger partial charge in [-0.3, -0.25) is 0 Å². The molecule has 2 aromatic carbocycles. The van der Waals surface area contributed by atoms with Crippen molar-refractivity contribution in [1.29, 1.82) is 0 Å². The third kappa shape index (κ3) is 4.77. The predicted octanol–water partition coefficient (Wildman–Crippen LogP) is 4.68. The van der Waals surface area contributed by atoms with Crippen molar-refractivity contribution >= 4 is 28.6 Å². The molecule has 1 fully saturated rings. The number of aromatic hydroxyl groups is 1. The van der Waals surface area contributed by atoms with E-state index >= 15 is 0 Å². The number of nitrogens with zero attached hydrogens (tertiary/aromatic N) is 1. The van der Waals surface area contributed by atoms with E-state index < -0.39 is 5.97 Å². The minimum atomic E-state index is -0.887. The highest BCUT2D eigenvalue weighted by molar-refractivity contribution is 7.98. The number of piperidine rings is 1. The lowest BCUT2D eigenvalue weighted by Crippen LogP contribution is -2.34. The Morgan fingerprint density at radius 1 is 1.14 bits per heavy atom. The first-order valence-electron chi connectivity index (χ1n) is 10.0. The van der Waals surface area contributed by atoms with Crippen molar-refractivity contribution < 1.29 is 15.0 Å². The molecule has 6 heteroatoms. The fourth-order valence-electron chi connectivity index (χ4n) is 4.04. The van der Waals surface area contributed by atoms with Gasteiger partial charge in [0.2, 0.25) is 0 Å². The van der Waals surface area contributed by atoms with Crippen molar-refractivity contribution in [3.05, 3.63) is 65.4 Å². The number of aromatic nitrogens is 1. The number of H-pyrrole nitrogens is 1. The van der Waals surface area contributed by atoms with Gasteiger partial charge in [0.1, 0.15) is 5.75 Å². The summed E-state index contributed by atoms with van der Waals surface area (Å²) in [5, 5.41) is 19.7. The Balaban J connectivity index is 1.23. The number of likely N-dealkylation sites (tertiary alicyclic amines) is 1. The SMILES string of the molecule is O=C(O)c1ccc2[nH]cc(CSCCN3CCC(c4ccc(O)cc4)CC3)c2c1. The maximum atomic E-state index is 11.2. The van der Waals surface area contributed by atoms with Crippen molar-refractivity contribution in [2.45, 2.75) is 24.5 Å². The third-order valence-corrected chi connectivity index (χ3v) is 6.76. The van der Waals surface area contributed by atoms with E-state index in [1.165, 1.54) is 11.1 Å². The van der Waals surface area contributed by atoms with Gasteiger partial charge in [-0.25, -0.2) is 4.79 Å². The van der Waals surface area contributed by atoms with E-state index in [2.05, 4.69) is 9.88 Å². The van der Waals surface area contributed by atoms with Crippen LogP contribution in [-0.2, 0) is 5.75 Å². The van der Waals surface area contributed by atoms with Crippen LogP contribution < -0.4 is 0 Å². The normalized spacial score (nSPS) is 15.7. The summed E-state index contributed by atoms with van der Waals surface area (Å²) in [6, 6.07) is 12.9. The molecule has 0 amide bonds. The molecule has 2 heterocycles. The predicted molar refractivity (Wildman–Crippen MR) is 118 cm³/mol. The number of phenols is 1. The van der Waals surface area contributed by atoms with Gasteiger partial charge in [-0.2, -0.15) is 11.8 Å². The van der Waals surface area contributed by atoms with Crippen LogP contribution in [0.25, 0.3) is 10.9 Å². The number of nitrogens with one attached hydrogen (secondary N) is 1. The maximum Gasteiger partial charge on any atom is 0.335 e. The Morgan fingerprint density at radius 2 is 1.90 bits per heavy atom. The van der Waals surface area contributed by atoms with E-state index in [0.29, 0.717) is 17.2 Å². The van der Waals surface area contributed by atoms with E-state index in [4.69, 9.17) is 0 Å². The zero-order valence-corrected chi connectivity index (χ0v) is 17.1. The minimum Gasteiger partial charge on any atom is -0.508 e. The summed E-state index contributed by atoms with van der Waals surface area (Å²) < 4.78 is 0. The zero-order valence-electron chi connectivity index (χ0n) is 16.3. The van der Waals surface area contributed by atoms with Gasteiger partial charge >= 0.3 is 5.97 Å². The Hall–Kier alpha value is -2.44. The number of rotatable bonds is 7. The van der Waals surface area contributed by atoms with Crippen molar-refractivity contribution in [3.63, 3.8) is 0 Å². The van der Waals surface area contributed by atoms with E-state index in [0.717, 1.165) is 54.9 Å². The second-order valence-corrected chi connectivity index (χ2v) is 8.74. The molecule has 5 nitrogen and oxygen atoms in total. The molecule has 1 aromatic heterocycles. The third-order valence-electron chi connectivity index (χ3n) is 5.78. The highest BCUT2D eigenvalue weighted by Crippen LogP contribution is 2.29. The van der Waals surface area contributed by atoms with Gasteiger partial charge in [0.25, 0.3) is 0 Å². The standard InChI is InChI=1S/C23H26N2O3S/c26-20-4-1-16(2-5-20)17-7-9-25(10-8-17)11-12-29-15-19-14-24-22-6-3-18(23(27)28)13-21(19)22/h1-6,13-14,17,24,26H,7-12,15H2,(H,27,28). The Kier molecular flexibility index (Phi) is 6.11. The number of carboxylic acids is 1. The highest BCUT2D eigenvalue weighted by atomic mass is 32.2. The van der Waals surface area contributed by atoms with Gasteiger partial charge in [0.15, 0.2) is 0 Å². The molecule has 3 aromatic rings. The largest absolute Gasteiger partial charge is 0.508 e. The van der Waals surface area contributed by atoms with Crippen LogP contribution in [0.5, 0.6) is 5.75 Å². The molecular formula is C23H26N2O3S. The van der Waals surface area contributed by atoms with Gasteiger partial charge in [0, 0.05) is 35.2 Å². The summed E-state index contributed by atoms with van der Waals surface area (Å²) in [7, 11) is 0. The summed E-state index contributed by atoms with van der Waals surface area (Å²) in [6.45, 7) is 3.30. The molecule has 29 heavy (non-hydrogen) atoms. The molecular weight excluding hydrogens is 384 g/mol. The molecule has 4 rings (SSSR count). The molecule has 1 aliphatic heterocycles. The summed E-state index contributed by atoms with van der Waals surface area (Å²) in [4.78, 5) is 17.0. The van der Waals surface area contributed by atoms with Crippen LogP contribution in [0.3, 0.4) is 0 Å². The first kappa shape index (κ1) is 19.9. The number of benzene rings is 2. The number of hydrogen-bond donors (Lipinski definition) is 3. The number of phenolic OH excluding ortho intramolecular Hbond substituents is 1. The van der Waals surface area contributed by atoms with Gasteiger partial charge in [-0.05, 0) is 73.3 Å². The van der Waals surface area contributed by atoms with Crippen LogP contribution in [0.2, 0.25) is 0 Å². The van der Waals surface area contributed by atoms with Crippen LogP contribution >= 0.6 is 11.8 Å². The van der Waals surface area contributed by atoms with Crippen LogP contribution in [0.4, 0.5) is 0 Å². The summed E-state index contributed by atoms with van der Waals surface area (Å²) >= 11 is 1.90. The summed E-state index contributed by atoms with van der Waals surface area (Å²) in [5.41, 5.74) is 3.82. The number of aromatic amines is 1. The van der Waals surface area contributed by atoms with E-state index in [1.807, 2.05) is 36.2 Å². The molecule has 0 radical (unpaired) electrons. The molecule has 152 valence electrons. The Labute approximate surface area is 174 Å². The lowest BCUT2D eigenvalue weighted by molar-refractivity contribution is 0.0697. The van der Waals surface area contributed by atoms with Gasteiger partial charge in [-0.15, -0.1) is 0 Å². The average molecular weight is 411 g/mol.